The number of rotatable bonds is 6. The summed E-state index contributed by atoms with van der Waals surface area (Å²) in [5, 5.41) is 9.98. The van der Waals surface area contributed by atoms with Gasteiger partial charge >= 0.3 is 0 Å². The van der Waals surface area contributed by atoms with Gasteiger partial charge in [-0.1, -0.05) is 24.3 Å². The highest BCUT2D eigenvalue weighted by Gasteiger charge is 2.24. The van der Waals surface area contributed by atoms with Crippen LogP contribution < -0.4 is 5.48 Å². The maximum Gasteiger partial charge on any atom is 0.274 e. The number of hydrogen-bond donors (Lipinski definition) is 2. The van der Waals surface area contributed by atoms with Crippen LogP contribution in [0.15, 0.2) is 73.1 Å². The molecule has 5 rings (SSSR count). The number of benzene rings is 2. The summed E-state index contributed by atoms with van der Waals surface area (Å²) in [6.07, 6.45) is 9.51. The lowest BCUT2D eigenvalue weighted by atomic mass is 9.76. The van der Waals surface area contributed by atoms with Crippen molar-refractivity contribution in [1.29, 1.82) is 0 Å². The molecule has 1 saturated carbocycles. The van der Waals surface area contributed by atoms with Crippen molar-refractivity contribution in [2.45, 2.75) is 44.6 Å². The molecular weight excluding hydrogens is 429 g/mol. The monoisotopic (exact) mass is 457 g/mol. The number of pyridine rings is 1. The second-order valence-electron chi connectivity index (χ2n) is 9.27. The van der Waals surface area contributed by atoms with Gasteiger partial charge in [0.1, 0.15) is 11.5 Å². The lowest BCUT2D eigenvalue weighted by Crippen LogP contribution is -2.18. The predicted molar refractivity (Wildman–Crippen MR) is 129 cm³/mol. The minimum atomic E-state index is -0.519. The second kappa shape index (κ2) is 9.77. The van der Waals surface area contributed by atoms with E-state index in [1.807, 2.05) is 24.4 Å². The second-order valence-corrected chi connectivity index (χ2v) is 9.27. The van der Waals surface area contributed by atoms with E-state index in [2.05, 4.69) is 27.9 Å². The molecule has 0 saturated heterocycles. The molecule has 0 radical (unpaired) electrons. The van der Waals surface area contributed by atoms with Crippen LogP contribution >= 0.6 is 0 Å². The molecular formula is C28H28FN3O2. The predicted octanol–water partition coefficient (Wildman–Crippen LogP) is 5.86. The molecule has 0 unspecified atom stereocenters. The van der Waals surface area contributed by atoms with E-state index >= 15 is 0 Å². The van der Waals surface area contributed by atoms with Crippen LogP contribution in [0, 0.1) is 11.7 Å². The SMILES string of the molecule is O=C(NO)c1ccc(Cn2ccc3c(C4CCC(Cc5cccc(F)c5)CC4)ccnc32)cc1. The van der Waals surface area contributed by atoms with Gasteiger partial charge in [0.2, 0.25) is 0 Å². The molecule has 2 N–H and O–H groups in total. The van der Waals surface area contributed by atoms with Gasteiger partial charge in [-0.25, -0.2) is 14.9 Å². The third-order valence-corrected chi connectivity index (χ3v) is 7.07. The zero-order valence-electron chi connectivity index (χ0n) is 19.0. The van der Waals surface area contributed by atoms with E-state index in [9.17, 15) is 9.18 Å². The molecule has 0 spiro atoms. The largest absolute Gasteiger partial charge is 0.328 e. The lowest BCUT2D eigenvalue weighted by molar-refractivity contribution is 0.0706. The summed E-state index contributed by atoms with van der Waals surface area (Å²) in [7, 11) is 0. The molecule has 4 aromatic rings. The van der Waals surface area contributed by atoms with E-state index in [-0.39, 0.29) is 5.82 Å². The lowest BCUT2D eigenvalue weighted by Gasteiger charge is -2.29. The van der Waals surface area contributed by atoms with Gasteiger partial charge in [0.15, 0.2) is 0 Å². The zero-order chi connectivity index (χ0) is 23.5. The van der Waals surface area contributed by atoms with Gasteiger partial charge in [0.05, 0.1) is 0 Å². The molecule has 34 heavy (non-hydrogen) atoms. The normalized spacial score (nSPS) is 18.2. The van der Waals surface area contributed by atoms with Crippen molar-refractivity contribution in [3.8, 4) is 0 Å². The highest BCUT2D eigenvalue weighted by Crippen LogP contribution is 2.39. The first kappa shape index (κ1) is 22.3. The molecule has 1 aliphatic rings. The highest BCUT2D eigenvalue weighted by atomic mass is 19.1. The Morgan fingerprint density at radius 1 is 1.03 bits per heavy atom. The van der Waals surface area contributed by atoms with E-state index in [1.54, 1.807) is 29.7 Å². The number of carbonyl (C=O) groups excluding carboxylic acids is 1. The van der Waals surface area contributed by atoms with Crippen molar-refractivity contribution >= 4 is 16.9 Å². The first-order valence-electron chi connectivity index (χ1n) is 11.8. The first-order valence-corrected chi connectivity index (χ1v) is 11.8. The van der Waals surface area contributed by atoms with Crippen molar-refractivity contribution in [3.05, 3.63) is 101 Å². The number of nitrogens with zero attached hydrogens (tertiary/aromatic N) is 2. The van der Waals surface area contributed by atoms with Crippen LogP contribution in [-0.4, -0.2) is 20.7 Å². The summed E-state index contributed by atoms with van der Waals surface area (Å²) >= 11 is 0. The molecule has 1 aliphatic carbocycles. The molecule has 1 amide bonds. The highest BCUT2D eigenvalue weighted by molar-refractivity contribution is 5.93. The average molecular weight is 458 g/mol. The zero-order valence-corrected chi connectivity index (χ0v) is 19.0. The fourth-order valence-electron chi connectivity index (χ4n) is 5.29. The number of halogens is 1. The van der Waals surface area contributed by atoms with Crippen molar-refractivity contribution in [3.63, 3.8) is 0 Å². The Labute approximate surface area is 198 Å². The number of aromatic nitrogens is 2. The number of carbonyl (C=O) groups is 1. The number of amides is 1. The van der Waals surface area contributed by atoms with Crippen molar-refractivity contribution in [2.24, 2.45) is 5.92 Å². The number of hydrogen-bond acceptors (Lipinski definition) is 3. The standard InChI is InChI=1S/C28H28FN3O2/c29-24-3-1-2-21(17-24)16-19-4-8-22(9-5-19)25-12-14-30-27-26(25)13-15-32(27)18-20-6-10-23(11-7-20)28(33)31-34/h1-3,6-7,10-15,17,19,22,34H,4-5,8-9,16,18H2,(H,31,33). The minimum Gasteiger partial charge on any atom is -0.328 e. The molecule has 1 fully saturated rings. The Morgan fingerprint density at radius 3 is 2.56 bits per heavy atom. The van der Waals surface area contributed by atoms with Crippen molar-refractivity contribution in [2.75, 3.05) is 0 Å². The van der Waals surface area contributed by atoms with Crippen LogP contribution in [0.5, 0.6) is 0 Å². The summed E-state index contributed by atoms with van der Waals surface area (Å²) in [5.74, 6) is 0.452. The fourth-order valence-corrected chi connectivity index (χ4v) is 5.29. The molecule has 0 bridgehead atoms. The fraction of sp³-hybridized carbons (Fsp3) is 0.286. The first-order chi connectivity index (χ1) is 16.6. The van der Waals surface area contributed by atoms with Crippen molar-refractivity contribution in [1.82, 2.24) is 15.0 Å². The van der Waals surface area contributed by atoms with Gasteiger partial charge in [0.25, 0.3) is 5.91 Å². The summed E-state index contributed by atoms with van der Waals surface area (Å²) in [6.45, 7) is 0.654. The van der Waals surface area contributed by atoms with Gasteiger partial charge in [-0.3, -0.25) is 10.0 Å². The Kier molecular flexibility index (Phi) is 6.41. The van der Waals surface area contributed by atoms with Crippen LogP contribution in [0.25, 0.3) is 11.0 Å². The summed E-state index contributed by atoms with van der Waals surface area (Å²) < 4.78 is 15.7. The molecule has 2 heterocycles. The Balaban J connectivity index is 1.28. The quantitative estimate of drug-likeness (QED) is 0.282. The summed E-state index contributed by atoms with van der Waals surface area (Å²) in [5.41, 5.74) is 6.55. The van der Waals surface area contributed by atoms with E-state index < -0.39 is 5.91 Å². The Bertz CT molecular complexity index is 1290. The molecule has 5 nitrogen and oxygen atoms in total. The van der Waals surface area contributed by atoms with Crippen LogP contribution in [0.1, 0.15) is 58.6 Å². The maximum absolute atomic E-state index is 13.5. The molecule has 0 aliphatic heterocycles. The number of nitrogens with one attached hydrogen (secondary N) is 1. The van der Waals surface area contributed by atoms with Gasteiger partial charge in [-0.15, -0.1) is 0 Å². The molecule has 174 valence electrons. The maximum atomic E-state index is 13.5. The van der Waals surface area contributed by atoms with E-state index in [0.29, 0.717) is 23.9 Å². The smallest absolute Gasteiger partial charge is 0.274 e. The Hall–Kier alpha value is -3.51. The third-order valence-electron chi connectivity index (χ3n) is 7.07. The average Bonchev–Trinajstić information content (AvgIpc) is 3.27. The van der Waals surface area contributed by atoms with Gasteiger partial charge < -0.3 is 4.57 Å². The number of hydroxylamine groups is 1. The van der Waals surface area contributed by atoms with Gasteiger partial charge in [0, 0.05) is 29.9 Å². The van der Waals surface area contributed by atoms with E-state index in [4.69, 9.17) is 5.21 Å². The van der Waals surface area contributed by atoms with Crippen LogP contribution in [0.2, 0.25) is 0 Å². The van der Waals surface area contributed by atoms with E-state index in [1.165, 1.54) is 17.0 Å². The van der Waals surface area contributed by atoms with Crippen LogP contribution in [0.3, 0.4) is 0 Å². The number of fused-ring (bicyclic) bond motifs is 1. The molecule has 2 aromatic heterocycles. The molecule has 0 atom stereocenters. The van der Waals surface area contributed by atoms with Gasteiger partial charge in [-0.2, -0.15) is 0 Å². The van der Waals surface area contributed by atoms with E-state index in [0.717, 1.165) is 48.9 Å². The minimum absolute atomic E-state index is 0.151. The van der Waals surface area contributed by atoms with Gasteiger partial charge in [-0.05, 0) is 97.0 Å². The summed E-state index contributed by atoms with van der Waals surface area (Å²) in [6, 6.07) is 18.5. The van der Waals surface area contributed by atoms with Crippen LogP contribution in [-0.2, 0) is 13.0 Å². The summed E-state index contributed by atoms with van der Waals surface area (Å²) in [4.78, 5) is 16.2. The molecule has 6 heteroatoms. The van der Waals surface area contributed by atoms with Crippen molar-refractivity contribution < 1.29 is 14.4 Å². The Morgan fingerprint density at radius 2 is 1.82 bits per heavy atom. The topological polar surface area (TPSA) is 67.2 Å². The molecule has 2 aromatic carbocycles. The third kappa shape index (κ3) is 4.73. The van der Waals surface area contributed by atoms with Crippen LogP contribution in [0.4, 0.5) is 4.39 Å².